The van der Waals surface area contributed by atoms with E-state index in [1.807, 2.05) is 5.32 Å². The summed E-state index contributed by atoms with van der Waals surface area (Å²) in [7, 11) is 0. The van der Waals surface area contributed by atoms with Gasteiger partial charge in [0.25, 0.3) is 0 Å². The van der Waals surface area contributed by atoms with Crippen molar-refractivity contribution in [2.75, 3.05) is 4.90 Å². The van der Waals surface area contributed by atoms with Crippen molar-refractivity contribution < 1.29 is 27.6 Å². The van der Waals surface area contributed by atoms with Crippen LogP contribution in [0.5, 0.6) is 0 Å². The van der Waals surface area contributed by atoms with Crippen LogP contribution in [0, 0.1) is 5.41 Å². The Hall–Kier alpha value is -2.38. The van der Waals surface area contributed by atoms with Gasteiger partial charge in [-0.05, 0) is 38.1 Å². The molecule has 0 unspecified atom stereocenters. The van der Waals surface area contributed by atoms with Crippen LogP contribution in [-0.4, -0.2) is 17.8 Å². The van der Waals surface area contributed by atoms with Gasteiger partial charge in [0, 0.05) is 0 Å². The van der Waals surface area contributed by atoms with E-state index in [1.165, 1.54) is 13.8 Å². The third-order valence-electron chi connectivity index (χ3n) is 3.18. The molecule has 2 rings (SSSR count). The molecule has 0 bridgehead atoms. The molecule has 112 valence electrons. The first kappa shape index (κ1) is 15.0. The van der Waals surface area contributed by atoms with Crippen molar-refractivity contribution in [2.45, 2.75) is 20.0 Å². The topological polar surface area (TPSA) is 66.5 Å². The molecule has 0 aliphatic carbocycles. The standard InChI is InChI=1S/C13H11F3N2O3/c1-12(2)9(19)17-11(21)18(10(12)20)8-5-3-7(4-6-8)13(14,15)16/h3-6H,1-2H3,(H,17,19,21). The molecule has 8 heteroatoms. The summed E-state index contributed by atoms with van der Waals surface area (Å²) in [5, 5.41) is 2.00. The summed E-state index contributed by atoms with van der Waals surface area (Å²) in [6.45, 7) is 2.66. The zero-order valence-corrected chi connectivity index (χ0v) is 11.1. The smallest absolute Gasteiger partial charge is 0.276 e. The molecule has 0 atom stereocenters. The number of alkyl halides is 3. The quantitative estimate of drug-likeness (QED) is 0.809. The van der Waals surface area contributed by atoms with E-state index in [9.17, 15) is 27.6 Å². The summed E-state index contributed by atoms with van der Waals surface area (Å²) >= 11 is 0. The normalized spacial score (nSPS) is 18.7. The number of imide groups is 2. The van der Waals surface area contributed by atoms with Crippen molar-refractivity contribution in [1.29, 1.82) is 0 Å². The van der Waals surface area contributed by atoms with Crippen LogP contribution in [0.3, 0.4) is 0 Å². The second-order valence-corrected chi connectivity index (χ2v) is 5.07. The molecule has 0 spiro atoms. The number of anilines is 1. The van der Waals surface area contributed by atoms with Crippen molar-refractivity contribution in [3.8, 4) is 0 Å². The van der Waals surface area contributed by atoms with Gasteiger partial charge in [0.15, 0.2) is 0 Å². The summed E-state index contributed by atoms with van der Waals surface area (Å²) in [6.07, 6.45) is -4.51. The monoisotopic (exact) mass is 300 g/mol. The lowest BCUT2D eigenvalue weighted by molar-refractivity contribution is -0.140. The fraction of sp³-hybridized carbons (Fsp3) is 0.308. The van der Waals surface area contributed by atoms with Gasteiger partial charge in [-0.1, -0.05) is 0 Å². The Morgan fingerprint density at radius 2 is 1.57 bits per heavy atom. The van der Waals surface area contributed by atoms with Crippen molar-refractivity contribution in [2.24, 2.45) is 5.41 Å². The van der Waals surface area contributed by atoms with Gasteiger partial charge in [-0.3, -0.25) is 14.9 Å². The molecule has 1 aliphatic heterocycles. The largest absolute Gasteiger partial charge is 0.416 e. The van der Waals surface area contributed by atoms with E-state index in [0.717, 1.165) is 24.3 Å². The fourth-order valence-electron chi connectivity index (χ4n) is 1.81. The maximum Gasteiger partial charge on any atom is 0.416 e. The molecule has 1 heterocycles. The summed E-state index contributed by atoms with van der Waals surface area (Å²) in [5.41, 5.74) is -2.41. The first-order valence-corrected chi connectivity index (χ1v) is 5.92. The average Bonchev–Trinajstić information content (AvgIpc) is 2.36. The van der Waals surface area contributed by atoms with Crippen LogP contribution in [-0.2, 0) is 15.8 Å². The highest BCUT2D eigenvalue weighted by Crippen LogP contribution is 2.32. The summed E-state index contributed by atoms with van der Waals surface area (Å²) in [6, 6.07) is 2.56. The minimum Gasteiger partial charge on any atom is -0.276 e. The maximum absolute atomic E-state index is 12.5. The fourth-order valence-corrected chi connectivity index (χ4v) is 1.81. The van der Waals surface area contributed by atoms with E-state index in [-0.39, 0.29) is 5.69 Å². The Morgan fingerprint density at radius 3 is 2.05 bits per heavy atom. The van der Waals surface area contributed by atoms with Crippen LogP contribution in [0.1, 0.15) is 19.4 Å². The molecule has 0 saturated carbocycles. The molecule has 4 amide bonds. The van der Waals surface area contributed by atoms with E-state index in [4.69, 9.17) is 0 Å². The SMILES string of the molecule is CC1(C)C(=O)NC(=O)N(c2ccc(C(F)(F)F)cc2)C1=O. The lowest BCUT2D eigenvalue weighted by atomic mass is 9.88. The van der Waals surface area contributed by atoms with Gasteiger partial charge in [0.1, 0.15) is 5.41 Å². The van der Waals surface area contributed by atoms with Crippen molar-refractivity contribution in [3.63, 3.8) is 0 Å². The van der Waals surface area contributed by atoms with E-state index >= 15 is 0 Å². The van der Waals surface area contributed by atoms with Crippen LogP contribution < -0.4 is 10.2 Å². The van der Waals surface area contributed by atoms with E-state index in [0.29, 0.717) is 4.90 Å². The highest BCUT2D eigenvalue weighted by molar-refractivity contribution is 6.29. The minimum absolute atomic E-state index is 0.0360. The number of urea groups is 1. The molecule has 1 aromatic rings. The number of carbonyl (C=O) groups is 3. The Morgan fingerprint density at radius 1 is 1.05 bits per heavy atom. The molecule has 21 heavy (non-hydrogen) atoms. The van der Waals surface area contributed by atoms with Crippen molar-refractivity contribution in [1.82, 2.24) is 5.32 Å². The second kappa shape index (κ2) is 4.57. The predicted molar refractivity (Wildman–Crippen MR) is 66.2 cm³/mol. The maximum atomic E-state index is 12.5. The molecule has 1 fully saturated rings. The van der Waals surface area contributed by atoms with E-state index in [1.54, 1.807) is 0 Å². The number of hydrogen-bond acceptors (Lipinski definition) is 3. The van der Waals surface area contributed by atoms with Crippen LogP contribution in [0.15, 0.2) is 24.3 Å². The van der Waals surface area contributed by atoms with Gasteiger partial charge in [-0.15, -0.1) is 0 Å². The van der Waals surface area contributed by atoms with Gasteiger partial charge in [0.2, 0.25) is 11.8 Å². The molecule has 1 saturated heterocycles. The number of nitrogens with one attached hydrogen (secondary N) is 1. The zero-order valence-electron chi connectivity index (χ0n) is 11.1. The number of nitrogens with zero attached hydrogens (tertiary/aromatic N) is 1. The first-order chi connectivity index (χ1) is 9.55. The third-order valence-corrected chi connectivity index (χ3v) is 3.18. The number of barbiturate groups is 1. The molecule has 1 aliphatic rings. The lowest BCUT2D eigenvalue weighted by Gasteiger charge is -2.34. The average molecular weight is 300 g/mol. The van der Waals surface area contributed by atoms with Crippen LogP contribution >= 0.6 is 0 Å². The molecule has 5 nitrogen and oxygen atoms in total. The van der Waals surface area contributed by atoms with E-state index < -0.39 is 35.0 Å². The Balaban J connectivity index is 2.39. The number of amides is 4. The number of halogens is 3. The van der Waals surface area contributed by atoms with Crippen LogP contribution in [0.4, 0.5) is 23.7 Å². The highest BCUT2D eigenvalue weighted by atomic mass is 19.4. The summed E-state index contributed by atoms with van der Waals surface area (Å²) in [5.74, 6) is -1.54. The summed E-state index contributed by atoms with van der Waals surface area (Å²) in [4.78, 5) is 36.1. The Bertz CT molecular complexity index is 621. The van der Waals surface area contributed by atoms with Gasteiger partial charge < -0.3 is 0 Å². The van der Waals surface area contributed by atoms with Crippen LogP contribution in [0.2, 0.25) is 0 Å². The van der Waals surface area contributed by atoms with Crippen molar-refractivity contribution in [3.05, 3.63) is 29.8 Å². The number of carbonyl (C=O) groups excluding carboxylic acids is 3. The minimum atomic E-state index is -4.51. The van der Waals surface area contributed by atoms with Gasteiger partial charge >= 0.3 is 12.2 Å². The number of hydrogen-bond donors (Lipinski definition) is 1. The van der Waals surface area contributed by atoms with Gasteiger partial charge in [-0.25, -0.2) is 9.69 Å². The summed E-state index contributed by atoms with van der Waals surface area (Å²) < 4.78 is 37.5. The third kappa shape index (κ3) is 2.48. The van der Waals surface area contributed by atoms with Gasteiger partial charge in [-0.2, -0.15) is 13.2 Å². The molecule has 0 radical (unpaired) electrons. The first-order valence-electron chi connectivity index (χ1n) is 5.92. The molecule has 1 aromatic carbocycles. The van der Waals surface area contributed by atoms with Crippen LogP contribution in [0.25, 0.3) is 0 Å². The van der Waals surface area contributed by atoms with Crippen molar-refractivity contribution >= 4 is 23.5 Å². The number of benzene rings is 1. The zero-order chi connectivity index (χ0) is 16.0. The van der Waals surface area contributed by atoms with Gasteiger partial charge in [0.05, 0.1) is 11.3 Å². The predicted octanol–water partition coefficient (Wildman–Crippen LogP) is 2.31. The molecular formula is C13H11F3N2O3. The molecular weight excluding hydrogens is 289 g/mol. The molecule has 0 aromatic heterocycles. The highest BCUT2D eigenvalue weighted by Gasteiger charge is 2.47. The second-order valence-electron chi connectivity index (χ2n) is 5.07. The number of rotatable bonds is 1. The molecule has 1 N–H and O–H groups in total. The Labute approximate surface area is 117 Å². The van der Waals surface area contributed by atoms with E-state index in [2.05, 4.69) is 0 Å². The lowest BCUT2D eigenvalue weighted by Crippen LogP contribution is -2.62. The Kier molecular flexibility index (Phi) is 3.27.